The summed E-state index contributed by atoms with van der Waals surface area (Å²) in [5.41, 5.74) is 6.46. The van der Waals surface area contributed by atoms with Gasteiger partial charge in [0.25, 0.3) is 0 Å². The molecule has 0 saturated heterocycles. The Morgan fingerprint density at radius 1 is 0.615 bits per heavy atom. The van der Waals surface area contributed by atoms with Crippen LogP contribution in [0.1, 0.15) is 38.9 Å². The number of benzene rings is 3. The third kappa shape index (κ3) is 4.62. The zero-order chi connectivity index (χ0) is 18.4. The minimum Gasteiger partial charge on any atom is -0.246 e. The third-order valence-electron chi connectivity index (χ3n) is 4.03. The molecular formula is C25H19F. The Balaban J connectivity index is 1.76. The SMILES string of the molecule is Cc1ccc(C#Cc2ccc(C#Cc3ccc(C)cc3CF)cc2)cc1. The smallest absolute Gasteiger partial charge is 0.116 e. The van der Waals surface area contributed by atoms with Crippen LogP contribution in [0.4, 0.5) is 4.39 Å². The van der Waals surface area contributed by atoms with Crippen LogP contribution >= 0.6 is 0 Å². The van der Waals surface area contributed by atoms with Gasteiger partial charge in [0.2, 0.25) is 0 Å². The molecule has 3 aromatic rings. The summed E-state index contributed by atoms with van der Waals surface area (Å²) >= 11 is 0. The molecule has 0 bridgehead atoms. The van der Waals surface area contributed by atoms with Crippen molar-refractivity contribution in [1.29, 1.82) is 0 Å². The van der Waals surface area contributed by atoms with Crippen LogP contribution < -0.4 is 0 Å². The van der Waals surface area contributed by atoms with Gasteiger partial charge in [0.1, 0.15) is 6.67 Å². The van der Waals surface area contributed by atoms with Crippen molar-refractivity contribution in [2.75, 3.05) is 0 Å². The van der Waals surface area contributed by atoms with Crippen LogP contribution in [-0.4, -0.2) is 0 Å². The zero-order valence-electron chi connectivity index (χ0n) is 14.9. The second-order valence-corrected chi connectivity index (χ2v) is 6.24. The lowest BCUT2D eigenvalue weighted by atomic mass is 10.0. The summed E-state index contributed by atoms with van der Waals surface area (Å²) in [7, 11) is 0. The van der Waals surface area contributed by atoms with Gasteiger partial charge in [-0.2, -0.15) is 0 Å². The Kier molecular flexibility index (Phi) is 5.52. The summed E-state index contributed by atoms with van der Waals surface area (Å²) < 4.78 is 13.1. The number of hydrogen-bond donors (Lipinski definition) is 0. The Bertz CT molecular complexity index is 1020. The molecule has 26 heavy (non-hydrogen) atoms. The van der Waals surface area contributed by atoms with Crippen LogP contribution in [-0.2, 0) is 6.67 Å². The molecule has 126 valence electrons. The monoisotopic (exact) mass is 338 g/mol. The maximum atomic E-state index is 13.1. The van der Waals surface area contributed by atoms with Gasteiger partial charge in [0.05, 0.1) is 0 Å². The molecule has 0 aliphatic carbocycles. The van der Waals surface area contributed by atoms with Crippen molar-refractivity contribution in [2.45, 2.75) is 20.5 Å². The third-order valence-corrected chi connectivity index (χ3v) is 4.03. The lowest BCUT2D eigenvalue weighted by molar-refractivity contribution is 0.484. The van der Waals surface area contributed by atoms with Gasteiger partial charge in [-0.25, -0.2) is 4.39 Å². The van der Waals surface area contributed by atoms with Crippen molar-refractivity contribution in [2.24, 2.45) is 0 Å². The summed E-state index contributed by atoms with van der Waals surface area (Å²) in [5.74, 6) is 12.5. The molecule has 0 radical (unpaired) electrons. The highest BCUT2D eigenvalue weighted by molar-refractivity contribution is 5.50. The Morgan fingerprint density at radius 2 is 1.08 bits per heavy atom. The fourth-order valence-electron chi connectivity index (χ4n) is 2.51. The first-order chi connectivity index (χ1) is 12.6. The lowest BCUT2D eigenvalue weighted by Gasteiger charge is -2.00. The largest absolute Gasteiger partial charge is 0.246 e. The fraction of sp³-hybridized carbons (Fsp3) is 0.120. The van der Waals surface area contributed by atoms with Crippen molar-refractivity contribution in [1.82, 2.24) is 0 Å². The van der Waals surface area contributed by atoms with E-state index in [0.717, 1.165) is 27.8 Å². The average molecular weight is 338 g/mol. The maximum absolute atomic E-state index is 13.1. The number of rotatable bonds is 1. The van der Waals surface area contributed by atoms with E-state index in [4.69, 9.17) is 0 Å². The number of hydrogen-bond acceptors (Lipinski definition) is 0. The second-order valence-electron chi connectivity index (χ2n) is 6.24. The van der Waals surface area contributed by atoms with Gasteiger partial charge in [0.15, 0.2) is 0 Å². The first kappa shape index (κ1) is 17.5. The second kappa shape index (κ2) is 8.19. The first-order valence-corrected chi connectivity index (χ1v) is 8.50. The van der Waals surface area contributed by atoms with Crippen molar-refractivity contribution < 1.29 is 4.39 Å². The number of halogens is 1. The maximum Gasteiger partial charge on any atom is 0.116 e. The van der Waals surface area contributed by atoms with E-state index in [2.05, 4.69) is 42.7 Å². The minimum absolute atomic E-state index is 0.501. The summed E-state index contributed by atoms with van der Waals surface area (Å²) in [6.45, 7) is 3.51. The van der Waals surface area contributed by atoms with Crippen LogP contribution in [0.2, 0.25) is 0 Å². The number of aryl methyl sites for hydroxylation is 2. The topological polar surface area (TPSA) is 0 Å². The molecule has 0 saturated carbocycles. The summed E-state index contributed by atoms with van der Waals surface area (Å²) in [6, 6.07) is 21.6. The van der Waals surface area contributed by atoms with Gasteiger partial charge in [-0.3, -0.25) is 0 Å². The summed E-state index contributed by atoms with van der Waals surface area (Å²) in [6.07, 6.45) is 0. The highest BCUT2D eigenvalue weighted by Crippen LogP contribution is 2.12. The molecule has 3 rings (SSSR count). The van der Waals surface area contributed by atoms with E-state index in [0.29, 0.717) is 5.56 Å². The quantitative estimate of drug-likeness (QED) is 0.509. The van der Waals surface area contributed by atoms with Crippen LogP contribution in [0.5, 0.6) is 0 Å². The first-order valence-electron chi connectivity index (χ1n) is 8.50. The molecule has 0 N–H and O–H groups in total. The molecule has 3 aromatic carbocycles. The van der Waals surface area contributed by atoms with Gasteiger partial charge in [-0.05, 0) is 61.9 Å². The van der Waals surface area contributed by atoms with E-state index in [9.17, 15) is 4.39 Å². The molecule has 0 unspecified atom stereocenters. The molecule has 0 fully saturated rings. The standard InChI is InChI=1S/C25H19F/c1-19-3-6-21(7-4-19)8-9-22-10-12-23(13-11-22)14-16-24-15-5-20(2)17-25(24)18-26/h3-7,10-13,15,17H,18H2,1-2H3. The van der Waals surface area contributed by atoms with Crippen LogP contribution in [0.15, 0.2) is 66.7 Å². The van der Waals surface area contributed by atoms with Gasteiger partial charge < -0.3 is 0 Å². The summed E-state index contributed by atoms with van der Waals surface area (Å²) in [4.78, 5) is 0. The van der Waals surface area contributed by atoms with E-state index >= 15 is 0 Å². The van der Waals surface area contributed by atoms with E-state index in [-0.39, 0.29) is 0 Å². The predicted molar refractivity (Wildman–Crippen MR) is 106 cm³/mol. The number of alkyl halides is 1. The van der Waals surface area contributed by atoms with Gasteiger partial charge in [0, 0.05) is 22.3 Å². The Morgan fingerprint density at radius 3 is 1.62 bits per heavy atom. The van der Waals surface area contributed by atoms with Gasteiger partial charge in [-0.1, -0.05) is 59.1 Å². The normalized spacial score (nSPS) is 9.65. The molecule has 0 heterocycles. The van der Waals surface area contributed by atoms with Crippen molar-refractivity contribution >= 4 is 0 Å². The average Bonchev–Trinajstić information content (AvgIpc) is 2.67. The van der Waals surface area contributed by atoms with Crippen molar-refractivity contribution in [3.05, 3.63) is 106 Å². The molecule has 1 heteroatoms. The molecule has 0 spiro atoms. The molecule has 0 aliphatic rings. The van der Waals surface area contributed by atoms with Crippen molar-refractivity contribution in [3.63, 3.8) is 0 Å². The predicted octanol–water partition coefficient (Wildman–Crippen LogP) is 5.57. The highest BCUT2D eigenvalue weighted by atomic mass is 19.1. The molecular weight excluding hydrogens is 319 g/mol. The molecule has 0 aromatic heterocycles. The molecule has 0 amide bonds. The minimum atomic E-state index is -0.501. The fourth-order valence-corrected chi connectivity index (χ4v) is 2.51. The van der Waals surface area contributed by atoms with Gasteiger partial charge >= 0.3 is 0 Å². The van der Waals surface area contributed by atoms with Crippen molar-refractivity contribution in [3.8, 4) is 23.7 Å². The molecule has 0 atom stereocenters. The van der Waals surface area contributed by atoms with E-state index in [1.165, 1.54) is 5.56 Å². The van der Waals surface area contributed by atoms with E-state index in [1.807, 2.05) is 61.5 Å². The summed E-state index contributed by atoms with van der Waals surface area (Å²) in [5, 5.41) is 0. The lowest BCUT2D eigenvalue weighted by Crippen LogP contribution is -1.88. The zero-order valence-corrected chi connectivity index (χ0v) is 14.9. The van der Waals surface area contributed by atoms with Crippen LogP contribution in [0.25, 0.3) is 0 Å². The molecule has 0 nitrogen and oxygen atoms in total. The Labute approximate surface area is 154 Å². The van der Waals surface area contributed by atoms with E-state index in [1.54, 1.807) is 0 Å². The van der Waals surface area contributed by atoms with E-state index < -0.39 is 6.67 Å². The molecule has 0 aliphatic heterocycles. The van der Waals surface area contributed by atoms with Crippen LogP contribution in [0, 0.1) is 37.5 Å². The highest BCUT2D eigenvalue weighted by Gasteiger charge is 1.99. The van der Waals surface area contributed by atoms with Crippen LogP contribution in [0.3, 0.4) is 0 Å². The Hall–Kier alpha value is -3.29. The van der Waals surface area contributed by atoms with Gasteiger partial charge in [-0.15, -0.1) is 0 Å².